The van der Waals surface area contributed by atoms with Crippen molar-refractivity contribution in [3.63, 3.8) is 0 Å². The Balaban J connectivity index is 1.69. The van der Waals surface area contributed by atoms with E-state index in [2.05, 4.69) is 12.1 Å². The summed E-state index contributed by atoms with van der Waals surface area (Å²) in [5.41, 5.74) is 4.11. The quantitative estimate of drug-likeness (QED) is 0.660. The summed E-state index contributed by atoms with van der Waals surface area (Å²) in [6.45, 7) is 5.72. The number of rotatable bonds is 6. The molecule has 0 aromatic heterocycles. The second kappa shape index (κ2) is 8.62. The first kappa shape index (κ1) is 20.6. The monoisotopic (exact) mass is 424 g/mol. The van der Waals surface area contributed by atoms with Crippen LogP contribution >= 0.6 is 11.6 Å². The van der Waals surface area contributed by atoms with Crippen LogP contribution in [0.5, 0.6) is 0 Å². The van der Waals surface area contributed by atoms with Crippen molar-refractivity contribution in [2.75, 3.05) is 19.7 Å². The van der Waals surface area contributed by atoms with Gasteiger partial charge in [-0.2, -0.15) is 0 Å². The van der Waals surface area contributed by atoms with Gasteiger partial charge in [0.15, 0.2) is 0 Å². The maximum absolute atomic E-state index is 13.4. The molecule has 6 heteroatoms. The number of hydrogen-bond donors (Lipinski definition) is 0. The van der Waals surface area contributed by atoms with Gasteiger partial charge >= 0.3 is 0 Å². The summed E-state index contributed by atoms with van der Waals surface area (Å²) in [5, 5.41) is 0.590. The number of hydrogen-bond acceptors (Lipinski definition) is 4. The Morgan fingerprint density at radius 1 is 1.00 bits per heavy atom. The molecule has 2 heterocycles. The Bertz CT molecular complexity index is 998. The summed E-state index contributed by atoms with van der Waals surface area (Å²) in [7, 11) is 0. The molecule has 0 aliphatic carbocycles. The maximum Gasteiger partial charge on any atom is 0.277 e. The number of ether oxygens (including phenoxy) is 1. The van der Waals surface area contributed by atoms with Crippen molar-refractivity contribution < 1.29 is 14.3 Å². The van der Waals surface area contributed by atoms with Crippen molar-refractivity contribution >= 4 is 29.0 Å². The van der Waals surface area contributed by atoms with Crippen LogP contribution in [0.4, 0.5) is 0 Å². The number of fused-ring (bicyclic) bond motifs is 1. The highest BCUT2D eigenvalue weighted by molar-refractivity contribution is 6.36. The van der Waals surface area contributed by atoms with Gasteiger partial charge in [-0.3, -0.25) is 14.5 Å². The van der Waals surface area contributed by atoms with Gasteiger partial charge in [0.05, 0.1) is 24.8 Å². The standard InChI is InChI=1S/C24H25ClN2O3/c1-16(2)30-14-13-27-23(28)21(18-7-9-20(25)10-8-18)22(24(27)29)26-12-11-17-5-3-4-6-19(17)15-26/h3-10,16H,11-15H2,1-2H3. The van der Waals surface area contributed by atoms with Crippen LogP contribution in [-0.2, 0) is 27.3 Å². The molecule has 0 atom stereocenters. The van der Waals surface area contributed by atoms with E-state index in [4.69, 9.17) is 16.3 Å². The van der Waals surface area contributed by atoms with Crippen LogP contribution in [0.15, 0.2) is 54.2 Å². The lowest BCUT2D eigenvalue weighted by molar-refractivity contribution is -0.138. The van der Waals surface area contributed by atoms with E-state index in [-0.39, 0.29) is 24.5 Å². The predicted octanol–water partition coefficient (Wildman–Crippen LogP) is 3.90. The minimum Gasteiger partial charge on any atom is -0.377 e. The summed E-state index contributed by atoms with van der Waals surface area (Å²) in [6.07, 6.45) is 0.880. The largest absolute Gasteiger partial charge is 0.377 e. The number of imide groups is 1. The van der Waals surface area contributed by atoms with Crippen LogP contribution in [0.25, 0.3) is 5.57 Å². The van der Waals surface area contributed by atoms with Crippen molar-refractivity contribution in [3.8, 4) is 0 Å². The van der Waals surface area contributed by atoms with Gasteiger partial charge in [-0.05, 0) is 49.1 Å². The van der Waals surface area contributed by atoms with E-state index in [9.17, 15) is 9.59 Å². The summed E-state index contributed by atoms with van der Waals surface area (Å²) in [6, 6.07) is 15.3. The molecular weight excluding hydrogens is 400 g/mol. The molecule has 2 aromatic rings. The molecule has 0 unspecified atom stereocenters. The molecule has 0 fully saturated rings. The molecule has 0 radical (unpaired) electrons. The smallest absolute Gasteiger partial charge is 0.277 e. The zero-order valence-corrected chi connectivity index (χ0v) is 18.0. The van der Waals surface area contributed by atoms with E-state index in [1.54, 1.807) is 24.3 Å². The minimum atomic E-state index is -0.275. The average molecular weight is 425 g/mol. The van der Waals surface area contributed by atoms with Crippen LogP contribution in [0.3, 0.4) is 0 Å². The van der Waals surface area contributed by atoms with Crippen LogP contribution in [-0.4, -0.2) is 47.4 Å². The Morgan fingerprint density at radius 3 is 2.40 bits per heavy atom. The molecule has 0 N–H and O–H groups in total. The second-order valence-electron chi connectivity index (χ2n) is 7.85. The van der Waals surface area contributed by atoms with E-state index in [1.807, 2.05) is 30.9 Å². The van der Waals surface area contributed by atoms with Crippen LogP contribution in [0, 0.1) is 0 Å². The molecule has 0 spiro atoms. The van der Waals surface area contributed by atoms with Crippen molar-refractivity contribution in [1.82, 2.24) is 9.80 Å². The molecule has 2 aromatic carbocycles. The van der Waals surface area contributed by atoms with Gasteiger partial charge in [-0.15, -0.1) is 0 Å². The van der Waals surface area contributed by atoms with Gasteiger partial charge < -0.3 is 9.64 Å². The normalized spacial score (nSPS) is 16.7. The van der Waals surface area contributed by atoms with Crippen molar-refractivity contribution in [2.45, 2.75) is 32.9 Å². The number of carbonyl (C=O) groups excluding carboxylic acids is 2. The predicted molar refractivity (Wildman–Crippen MR) is 117 cm³/mol. The molecule has 2 aliphatic heterocycles. The van der Waals surface area contributed by atoms with Crippen molar-refractivity contribution in [2.24, 2.45) is 0 Å². The molecule has 2 amide bonds. The van der Waals surface area contributed by atoms with Gasteiger partial charge in [-0.1, -0.05) is 48.0 Å². The Labute approximate surface area is 181 Å². The van der Waals surface area contributed by atoms with Crippen molar-refractivity contribution in [1.29, 1.82) is 0 Å². The lowest BCUT2D eigenvalue weighted by Crippen LogP contribution is -2.39. The zero-order valence-electron chi connectivity index (χ0n) is 17.2. The third-order valence-corrected chi connectivity index (χ3v) is 5.74. The minimum absolute atomic E-state index is 0.0413. The van der Waals surface area contributed by atoms with Crippen LogP contribution in [0.2, 0.25) is 5.02 Å². The lowest BCUT2D eigenvalue weighted by atomic mass is 9.98. The fourth-order valence-corrected chi connectivity index (χ4v) is 4.13. The summed E-state index contributed by atoms with van der Waals surface area (Å²) in [4.78, 5) is 30.0. The number of nitrogens with zero attached hydrogens (tertiary/aromatic N) is 2. The van der Waals surface area contributed by atoms with Crippen LogP contribution < -0.4 is 0 Å². The van der Waals surface area contributed by atoms with Gasteiger partial charge in [0.25, 0.3) is 11.8 Å². The summed E-state index contributed by atoms with van der Waals surface area (Å²) < 4.78 is 5.59. The molecule has 0 saturated carbocycles. The third kappa shape index (κ3) is 4.00. The number of carbonyl (C=O) groups is 2. The fourth-order valence-electron chi connectivity index (χ4n) is 4.00. The zero-order chi connectivity index (χ0) is 21.3. The topological polar surface area (TPSA) is 49.9 Å². The first-order valence-electron chi connectivity index (χ1n) is 10.3. The van der Waals surface area contributed by atoms with E-state index in [1.165, 1.54) is 16.0 Å². The third-order valence-electron chi connectivity index (χ3n) is 5.49. The van der Waals surface area contributed by atoms with Crippen molar-refractivity contribution in [3.05, 3.63) is 75.9 Å². The molecule has 2 aliphatic rings. The molecule has 156 valence electrons. The molecular formula is C24H25ClN2O3. The van der Waals surface area contributed by atoms with Gasteiger partial charge in [-0.25, -0.2) is 0 Å². The molecule has 0 bridgehead atoms. The van der Waals surface area contributed by atoms with E-state index < -0.39 is 0 Å². The van der Waals surface area contributed by atoms with E-state index in [0.29, 0.717) is 41.6 Å². The SMILES string of the molecule is CC(C)OCCN1C(=O)C(c2ccc(Cl)cc2)=C(N2CCc3ccccc3C2)C1=O. The second-order valence-corrected chi connectivity index (χ2v) is 8.29. The first-order chi connectivity index (χ1) is 14.5. The first-order valence-corrected chi connectivity index (χ1v) is 10.6. The van der Waals surface area contributed by atoms with Gasteiger partial charge in [0, 0.05) is 18.1 Å². The Morgan fingerprint density at radius 2 is 1.70 bits per heavy atom. The molecule has 30 heavy (non-hydrogen) atoms. The highest BCUT2D eigenvalue weighted by Gasteiger charge is 2.41. The number of halogens is 1. The number of amides is 2. The maximum atomic E-state index is 13.4. The van der Waals surface area contributed by atoms with Gasteiger partial charge in [0.1, 0.15) is 5.70 Å². The Hall–Kier alpha value is -2.63. The fraction of sp³-hybridized carbons (Fsp3) is 0.333. The Kier molecular flexibility index (Phi) is 5.93. The molecule has 5 nitrogen and oxygen atoms in total. The lowest BCUT2D eigenvalue weighted by Gasteiger charge is -2.31. The van der Waals surface area contributed by atoms with E-state index in [0.717, 1.165) is 6.42 Å². The highest BCUT2D eigenvalue weighted by atomic mass is 35.5. The van der Waals surface area contributed by atoms with Crippen LogP contribution in [0.1, 0.15) is 30.5 Å². The summed E-state index contributed by atoms with van der Waals surface area (Å²) >= 11 is 6.05. The average Bonchev–Trinajstić information content (AvgIpc) is 2.98. The number of benzene rings is 2. The van der Waals surface area contributed by atoms with E-state index >= 15 is 0 Å². The highest BCUT2D eigenvalue weighted by Crippen LogP contribution is 2.34. The summed E-state index contributed by atoms with van der Waals surface area (Å²) in [5.74, 6) is -0.528. The molecule has 4 rings (SSSR count). The van der Waals surface area contributed by atoms with Gasteiger partial charge in [0.2, 0.25) is 0 Å². The molecule has 0 saturated heterocycles.